The molecule has 1 heterocycles. The van der Waals surface area contributed by atoms with E-state index in [2.05, 4.69) is 44.0 Å². The van der Waals surface area contributed by atoms with Gasteiger partial charge in [0.15, 0.2) is 0 Å². The average Bonchev–Trinajstić information content (AvgIpc) is 2.51. The molecule has 2 rings (SSSR count). The first-order valence-corrected chi connectivity index (χ1v) is 6.72. The van der Waals surface area contributed by atoms with E-state index in [9.17, 15) is 0 Å². The number of allylic oxidation sites excluding steroid dienone is 4. The zero-order valence-electron chi connectivity index (χ0n) is 8.38. The Hall–Kier alpha value is -1.34. The normalized spacial score (nSPS) is 15.5. The molecule has 0 nitrogen and oxygen atoms in total. The zero-order chi connectivity index (χ0) is 10.1. The molecule has 0 amide bonds. The van der Waals surface area contributed by atoms with E-state index in [1.54, 1.807) is 0 Å². The molecule has 0 saturated carbocycles. The summed E-state index contributed by atoms with van der Waals surface area (Å²) in [7, 11) is -0.573. The van der Waals surface area contributed by atoms with Gasteiger partial charge < -0.3 is 0 Å². The van der Waals surface area contributed by atoms with Crippen molar-refractivity contribution < 1.29 is 0 Å². The Morgan fingerprint density at radius 2 is 1.86 bits per heavy atom. The van der Waals surface area contributed by atoms with Crippen molar-refractivity contribution in [2.75, 3.05) is 0 Å². The minimum atomic E-state index is -0.573. The molecule has 1 radical (unpaired) electrons. The van der Waals surface area contributed by atoms with Crippen LogP contribution in [0.3, 0.4) is 0 Å². The second kappa shape index (κ2) is 3.43. The van der Waals surface area contributed by atoms with Crippen molar-refractivity contribution in [1.82, 2.24) is 0 Å². The molecular weight excluding hydrogens is 184 g/mol. The van der Waals surface area contributed by atoms with Crippen LogP contribution in [-0.2, 0) is 0 Å². The Bertz CT molecular complexity index is 427. The first kappa shape index (κ1) is 9.22. The van der Waals surface area contributed by atoms with Gasteiger partial charge in [0.25, 0.3) is 0 Å². The Labute approximate surface area is 86.9 Å². The molecule has 0 saturated heterocycles. The summed E-state index contributed by atoms with van der Waals surface area (Å²) in [6, 6.07) is 8.60. The maximum atomic E-state index is 3.89. The highest BCUT2D eigenvalue weighted by Crippen LogP contribution is 2.27. The third-order valence-electron chi connectivity index (χ3n) is 2.72. The molecule has 0 aromatic heterocycles. The lowest BCUT2D eigenvalue weighted by atomic mass is 10.1. The van der Waals surface area contributed by atoms with Crippen molar-refractivity contribution in [1.29, 1.82) is 0 Å². The lowest BCUT2D eigenvalue weighted by Crippen LogP contribution is -2.25. The minimum absolute atomic E-state index is 0.573. The van der Waals surface area contributed by atoms with Gasteiger partial charge in [-0.15, -0.1) is 0 Å². The van der Waals surface area contributed by atoms with Crippen LogP contribution in [-0.4, -0.2) is 8.80 Å². The first-order valence-electron chi connectivity index (χ1n) is 4.72. The van der Waals surface area contributed by atoms with Crippen LogP contribution in [0.15, 0.2) is 54.8 Å². The number of benzene rings is 1. The SMILES string of the molecule is C=CC1=C(C=C)[Si](C)c2ccccc21. The fourth-order valence-corrected chi connectivity index (χ4v) is 4.23. The molecule has 0 spiro atoms. The second-order valence-corrected chi connectivity index (χ2v) is 5.73. The molecule has 0 aliphatic carbocycles. The summed E-state index contributed by atoms with van der Waals surface area (Å²) < 4.78 is 0. The molecular formula is C13H13Si. The van der Waals surface area contributed by atoms with Crippen LogP contribution in [0.1, 0.15) is 5.56 Å². The van der Waals surface area contributed by atoms with Crippen molar-refractivity contribution in [2.24, 2.45) is 0 Å². The quantitative estimate of drug-likeness (QED) is 0.639. The van der Waals surface area contributed by atoms with Crippen molar-refractivity contribution in [2.45, 2.75) is 6.55 Å². The molecule has 0 unspecified atom stereocenters. The Morgan fingerprint density at radius 1 is 1.14 bits per heavy atom. The molecule has 1 aromatic carbocycles. The summed E-state index contributed by atoms with van der Waals surface area (Å²) in [6.45, 7) is 10.1. The summed E-state index contributed by atoms with van der Waals surface area (Å²) in [5.41, 5.74) is 2.64. The fourth-order valence-electron chi connectivity index (χ4n) is 2.02. The van der Waals surface area contributed by atoms with Crippen molar-refractivity contribution >= 4 is 19.6 Å². The van der Waals surface area contributed by atoms with Crippen molar-refractivity contribution in [3.8, 4) is 0 Å². The third-order valence-corrected chi connectivity index (χ3v) is 5.25. The van der Waals surface area contributed by atoms with E-state index in [4.69, 9.17) is 0 Å². The number of hydrogen-bond donors (Lipinski definition) is 0. The summed E-state index contributed by atoms with van der Waals surface area (Å²) in [5, 5.41) is 2.88. The molecule has 0 bridgehead atoms. The van der Waals surface area contributed by atoms with Crippen molar-refractivity contribution in [3.05, 3.63) is 60.3 Å². The fraction of sp³-hybridized carbons (Fsp3) is 0.0769. The lowest BCUT2D eigenvalue weighted by molar-refractivity contribution is 1.69. The maximum Gasteiger partial charge on any atom is 0.119 e. The van der Waals surface area contributed by atoms with E-state index in [-0.39, 0.29) is 0 Å². The van der Waals surface area contributed by atoms with Gasteiger partial charge in [-0.2, -0.15) is 0 Å². The van der Waals surface area contributed by atoms with Gasteiger partial charge in [0.05, 0.1) is 0 Å². The Morgan fingerprint density at radius 3 is 2.50 bits per heavy atom. The third kappa shape index (κ3) is 1.13. The number of fused-ring (bicyclic) bond motifs is 1. The van der Waals surface area contributed by atoms with Gasteiger partial charge in [-0.1, -0.05) is 56.1 Å². The van der Waals surface area contributed by atoms with Crippen LogP contribution in [0, 0.1) is 0 Å². The summed E-state index contributed by atoms with van der Waals surface area (Å²) >= 11 is 0. The van der Waals surface area contributed by atoms with Crippen LogP contribution in [0.5, 0.6) is 0 Å². The molecule has 0 atom stereocenters. The van der Waals surface area contributed by atoms with Gasteiger partial charge in [0.1, 0.15) is 8.80 Å². The topological polar surface area (TPSA) is 0 Å². The van der Waals surface area contributed by atoms with Gasteiger partial charge in [-0.05, 0) is 21.5 Å². The molecule has 69 valence electrons. The van der Waals surface area contributed by atoms with E-state index in [1.165, 1.54) is 21.5 Å². The molecule has 1 aliphatic heterocycles. The predicted molar refractivity (Wildman–Crippen MR) is 65.0 cm³/mol. The highest BCUT2D eigenvalue weighted by molar-refractivity contribution is 6.83. The highest BCUT2D eigenvalue weighted by Gasteiger charge is 2.25. The Kier molecular flexibility index (Phi) is 2.26. The van der Waals surface area contributed by atoms with Gasteiger partial charge in [0, 0.05) is 0 Å². The summed E-state index contributed by atoms with van der Waals surface area (Å²) in [6.07, 6.45) is 3.95. The molecule has 14 heavy (non-hydrogen) atoms. The maximum absolute atomic E-state index is 3.89. The van der Waals surface area contributed by atoms with Crippen LogP contribution in [0.2, 0.25) is 6.55 Å². The van der Waals surface area contributed by atoms with E-state index in [1.807, 2.05) is 12.2 Å². The van der Waals surface area contributed by atoms with Crippen LogP contribution < -0.4 is 5.19 Å². The molecule has 0 N–H and O–H groups in total. The summed E-state index contributed by atoms with van der Waals surface area (Å²) in [5.74, 6) is 0. The van der Waals surface area contributed by atoms with Crippen LogP contribution in [0.4, 0.5) is 0 Å². The minimum Gasteiger partial charge on any atom is -0.0992 e. The number of hydrogen-bond acceptors (Lipinski definition) is 0. The first-order chi connectivity index (χ1) is 6.79. The second-order valence-electron chi connectivity index (χ2n) is 3.41. The molecule has 1 heteroatoms. The number of rotatable bonds is 2. The monoisotopic (exact) mass is 197 g/mol. The van der Waals surface area contributed by atoms with Gasteiger partial charge in [0.2, 0.25) is 0 Å². The predicted octanol–water partition coefficient (Wildman–Crippen LogP) is 2.70. The van der Waals surface area contributed by atoms with Gasteiger partial charge in [-0.25, -0.2) is 0 Å². The van der Waals surface area contributed by atoms with Crippen LogP contribution >= 0.6 is 0 Å². The smallest absolute Gasteiger partial charge is 0.0992 e. The molecule has 1 aliphatic rings. The van der Waals surface area contributed by atoms with Gasteiger partial charge >= 0.3 is 0 Å². The lowest BCUT2D eigenvalue weighted by Gasteiger charge is -2.03. The van der Waals surface area contributed by atoms with E-state index in [0.29, 0.717) is 0 Å². The van der Waals surface area contributed by atoms with Crippen LogP contribution in [0.25, 0.3) is 5.57 Å². The van der Waals surface area contributed by atoms with E-state index >= 15 is 0 Å². The molecule has 1 aromatic rings. The Balaban J connectivity index is 2.68. The highest BCUT2D eigenvalue weighted by atomic mass is 28.3. The van der Waals surface area contributed by atoms with E-state index < -0.39 is 8.80 Å². The van der Waals surface area contributed by atoms with Crippen molar-refractivity contribution in [3.63, 3.8) is 0 Å². The summed E-state index contributed by atoms with van der Waals surface area (Å²) in [4.78, 5) is 0. The zero-order valence-corrected chi connectivity index (χ0v) is 9.38. The largest absolute Gasteiger partial charge is 0.119 e. The average molecular weight is 197 g/mol. The van der Waals surface area contributed by atoms with E-state index in [0.717, 1.165) is 0 Å². The standard InChI is InChI=1S/C13H13Si/c1-4-10-11-8-6-7-9-13(11)14(3)12(10)5-2/h4-9H,1-2H2,3H3. The van der Waals surface area contributed by atoms with Gasteiger partial charge in [-0.3, -0.25) is 0 Å². The molecule has 0 fully saturated rings.